The van der Waals surface area contributed by atoms with Gasteiger partial charge in [0, 0.05) is 11.3 Å². The average molecular weight is 652 g/mol. The molecule has 0 radical (unpaired) electrons. The van der Waals surface area contributed by atoms with Gasteiger partial charge in [0.15, 0.2) is 17.1 Å². The molecule has 2 aromatic heterocycles. The lowest BCUT2D eigenvalue weighted by Gasteiger charge is -2.23. The van der Waals surface area contributed by atoms with E-state index in [2.05, 4.69) is 20.1 Å². The molecular formula is C25H20ClF6N5O5S. The first-order chi connectivity index (χ1) is 19.8. The molecule has 230 valence electrons. The SMILES string of the molecule is CC(C)(CO)NS(=O)(=O)c1cccc(NC(=O)Oc2cnn3c(C(F)(F)F)cc(-c4ccc(C(F)(F)F)c(Cl)c4)nc23)c1. The Bertz CT molecular complexity index is 1810. The molecule has 0 aliphatic carbocycles. The molecule has 10 nitrogen and oxygen atoms in total. The lowest BCUT2D eigenvalue weighted by molar-refractivity contribution is -0.142. The molecule has 3 N–H and O–H groups in total. The highest BCUT2D eigenvalue weighted by Crippen LogP contribution is 2.38. The number of hydrogen-bond acceptors (Lipinski definition) is 7. The van der Waals surface area contributed by atoms with Gasteiger partial charge in [0.1, 0.15) is 0 Å². The number of amides is 1. The van der Waals surface area contributed by atoms with E-state index in [1.165, 1.54) is 32.0 Å². The number of carbonyl (C=O) groups is 1. The predicted octanol–water partition coefficient (Wildman–Crippen LogP) is 5.75. The summed E-state index contributed by atoms with van der Waals surface area (Å²) in [6.07, 6.45) is -10.3. The second-order valence-corrected chi connectivity index (χ2v) is 11.7. The Kier molecular flexibility index (Phi) is 8.40. The monoisotopic (exact) mass is 651 g/mol. The van der Waals surface area contributed by atoms with Gasteiger partial charge in [-0.15, -0.1) is 0 Å². The van der Waals surface area contributed by atoms with Crippen LogP contribution < -0.4 is 14.8 Å². The molecule has 4 rings (SSSR count). The predicted molar refractivity (Wildman–Crippen MR) is 141 cm³/mol. The minimum absolute atomic E-state index is 0.0739. The quantitative estimate of drug-likeness (QED) is 0.217. The second-order valence-electron chi connectivity index (χ2n) is 9.65. The summed E-state index contributed by atoms with van der Waals surface area (Å²) in [4.78, 5) is 16.4. The highest BCUT2D eigenvalue weighted by molar-refractivity contribution is 7.89. The number of ether oxygens (including phenoxy) is 1. The Balaban J connectivity index is 1.66. The van der Waals surface area contributed by atoms with E-state index in [1.54, 1.807) is 0 Å². The molecule has 2 aromatic carbocycles. The zero-order valence-corrected chi connectivity index (χ0v) is 23.5. The lowest BCUT2D eigenvalue weighted by Crippen LogP contribution is -2.46. The number of fused-ring (bicyclic) bond motifs is 1. The van der Waals surface area contributed by atoms with Crippen molar-refractivity contribution < 1.29 is 49.4 Å². The van der Waals surface area contributed by atoms with Crippen molar-refractivity contribution in [2.45, 2.75) is 36.6 Å². The van der Waals surface area contributed by atoms with Crippen LogP contribution in [0.15, 0.2) is 59.6 Å². The second kappa shape index (κ2) is 11.3. The largest absolute Gasteiger partial charge is 0.433 e. The molecule has 1 amide bonds. The van der Waals surface area contributed by atoms with Crippen molar-refractivity contribution in [1.82, 2.24) is 19.3 Å². The molecule has 2 heterocycles. The number of alkyl halides is 6. The van der Waals surface area contributed by atoms with Gasteiger partial charge in [-0.05, 0) is 50.2 Å². The van der Waals surface area contributed by atoms with Crippen LogP contribution in [0.4, 0.5) is 36.8 Å². The maximum atomic E-state index is 13.9. The van der Waals surface area contributed by atoms with Crippen LogP contribution in [-0.4, -0.2) is 46.4 Å². The minimum Gasteiger partial charge on any atom is -0.404 e. The van der Waals surface area contributed by atoms with E-state index < -0.39 is 74.0 Å². The molecule has 0 aliphatic rings. The van der Waals surface area contributed by atoms with E-state index in [9.17, 15) is 44.7 Å². The van der Waals surface area contributed by atoms with E-state index in [-0.39, 0.29) is 16.1 Å². The Morgan fingerprint density at radius 2 is 1.74 bits per heavy atom. The molecule has 0 saturated heterocycles. The van der Waals surface area contributed by atoms with Gasteiger partial charge in [0.2, 0.25) is 10.0 Å². The summed E-state index contributed by atoms with van der Waals surface area (Å²) in [5.41, 5.74) is -5.11. The molecule has 4 aromatic rings. The summed E-state index contributed by atoms with van der Waals surface area (Å²) in [7, 11) is -4.13. The number of nitrogens with zero attached hydrogens (tertiary/aromatic N) is 3. The number of aromatic nitrogens is 3. The molecule has 0 aliphatic heterocycles. The Hall–Kier alpha value is -3.93. The zero-order chi connectivity index (χ0) is 32.0. The van der Waals surface area contributed by atoms with E-state index >= 15 is 0 Å². The van der Waals surface area contributed by atoms with Gasteiger partial charge in [-0.25, -0.2) is 27.4 Å². The van der Waals surface area contributed by atoms with Crippen LogP contribution in [0.3, 0.4) is 0 Å². The van der Waals surface area contributed by atoms with Crippen molar-refractivity contribution in [3.05, 3.63) is 71.0 Å². The van der Waals surface area contributed by atoms with E-state index in [0.29, 0.717) is 16.6 Å². The van der Waals surface area contributed by atoms with E-state index in [1.807, 2.05) is 0 Å². The molecule has 0 spiro atoms. The van der Waals surface area contributed by atoms with Crippen molar-refractivity contribution in [3.8, 4) is 17.0 Å². The van der Waals surface area contributed by atoms with E-state index in [4.69, 9.17) is 16.3 Å². The number of halogens is 7. The molecular weight excluding hydrogens is 632 g/mol. The van der Waals surface area contributed by atoms with Gasteiger partial charge in [-0.1, -0.05) is 23.7 Å². The number of hydrogen-bond donors (Lipinski definition) is 3. The maximum absolute atomic E-state index is 13.9. The van der Waals surface area contributed by atoms with Crippen LogP contribution in [0.1, 0.15) is 25.1 Å². The Morgan fingerprint density at radius 3 is 2.35 bits per heavy atom. The summed E-state index contributed by atoms with van der Waals surface area (Å²) >= 11 is 5.73. The Labute approximate surface area is 244 Å². The van der Waals surface area contributed by atoms with Crippen molar-refractivity contribution in [3.63, 3.8) is 0 Å². The summed E-state index contributed by atoms with van der Waals surface area (Å²) in [6, 6.07) is 7.70. The number of anilines is 1. The highest BCUT2D eigenvalue weighted by Gasteiger charge is 2.37. The smallest absolute Gasteiger partial charge is 0.404 e. The molecule has 43 heavy (non-hydrogen) atoms. The van der Waals surface area contributed by atoms with Crippen LogP contribution in [-0.2, 0) is 22.4 Å². The average Bonchev–Trinajstić information content (AvgIpc) is 3.28. The molecule has 0 atom stereocenters. The number of benzene rings is 2. The maximum Gasteiger partial charge on any atom is 0.433 e. The number of nitrogens with one attached hydrogen (secondary N) is 2. The third-order valence-electron chi connectivity index (χ3n) is 5.70. The zero-order valence-electron chi connectivity index (χ0n) is 21.9. The van der Waals surface area contributed by atoms with Crippen LogP contribution in [0.25, 0.3) is 16.9 Å². The van der Waals surface area contributed by atoms with Crippen molar-refractivity contribution >= 4 is 39.1 Å². The van der Waals surface area contributed by atoms with Gasteiger partial charge >= 0.3 is 18.4 Å². The summed E-state index contributed by atoms with van der Waals surface area (Å²) < 4.78 is 114. The third-order valence-corrected chi connectivity index (χ3v) is 7.71. The number of sulfonamides is 1. The third kappa shape index (κ3) is 7.18. The fraction of sp³-hybridized carbons (Fsp3) is 0.240. The van der Waals surface area contributed by atoms with Gasteiger partial charge in [-0.3, -0.25) is 5.32 Å². The molecule has 0 unspecified atom stereocenters. The number of rotatable bonds is 7. The van der Waals surface area contributed by atoms with Crippen LogP contribution in [0.5, 0.6) is 5.75 Å². The highest BCUT2D eigenvalue weighted by atomic mass is 35.5. The molecule has 0 saturated carbocycles. The normalized spacial score (nSPS) is 12.9. The summed E-state index contributed by atoms with van der Waals surface area (Å²) in [6.45, 7) is 2.37. The first-order valence-corrected chi connectivity index (χ1v) is 13.7. The van der Waals surface area contributed by atoms with Gasteiger partial charge in [0.05, 0.1) is 39.5 Å². The molecule has 0 bridgehead atoms. The standard InChI is InChI=1S/C25H20ClF6N5O5S/c1-23(2,12-38)36-43(40,41)15-5-3-4-14(9-15)34-22(39)42-19-11-33-37-20(25(30,31)32)10-18(35-21(19)37)13-6-7-16(17(26)8-13)24(27,28)29/h3-11,36,38H,12H2,1-2H3,(H,34,39). The van der Waals surface area contributed by atoms with Crippen LogP contribution in [0, 0.1) is 0 Å². The minimum atomic E-state index is -5.01. The van der Waals surface area contributed by atoms with Crippen molar-refractivity contribution in [2.24, 2.45) is 0 Å². The lowest BCUT2D eigenvalue weighted by atomic mass is 10.1. The Morgan fingerprint density at radius 1 is 1.05 bits per heavy atom. The number of aliphatic hydroxyl groups is 1. The van der Waals surface area contributed by atoms with Gasteiger partial charge in [-0.2, -0.15) is 31.4 Å². The number of carbonyl (C=O) groups excluding carboxylic acids is 1. The molecule has 0 fully saturated rings. The first kappa shape index (κ1) is 32.0. The first-order valence-electron chi connectivity index (χ1n) is 11.9. The summed E-state index contributed by atoms with van der Waals surface area (Å²) in [5.74, 6) is -0.557. The fourth-order valence-electron chi connectivity index (χ4n) is 3.71. The van der Waals surface area contributed by atoms with E-state index in [0.717, 1.165) is 24.4 Å². The van der Waals surface area contributed by atoms with Gasteiger partial charge < -0.3 is 9.84 Å². The van der Waals surface area contributed by atoms with Gasteiger partial charge in [0.25, 0.3) is 0 Å². The summed E-state index contributed by atoms with van der Waals surface area (Å²) in [5, 5.41) is 14.4. The van der Waals surface area contributed by atoms with Crippen molar-refractivity contribution in [2.75, 3.05) is 11.9 Å². The fourth-order valence-corrected chi connectivity index (χ4v) is 5.45. The topological polar surface area (TPSA) is 135 Å². The molecule has 18 heteroatoms. The number of aliphatic hydroxyl groups excluding tert-OH is 1. The van der Waals surface area contributed by atoms with Crippen LogP contribution in [0.2, 0.25) is 5.02 Å². The van der Waals surface area contributed by atoms with Crippen LogP contribution >= 0.6 is 11.6 Å². The van der Waals surface area contributed by atoms with Crippen molar-refractivity contribution in [1.29, 1.82) is 0 Å².